The van der Waals surface area contributed by atoms with Gasteiger partial charge in [-0.05, 0) is 38.2 Å². The summed E-state index contributed by atoms with van der Waals surface area (Å²) in [5.41, 5.74) is 1.57. The smallest absolute Gasteiger partial charge is 0.102 e. The van der Waals surface area contributed by atoms with Crippen LogP contribution in [0.5, 0.6) is 0 Å². The minimum atomic E-state index is -0.0961. The molecular weight excluding hydrogens is 256 g/mol. The fraction of sp³-hybridized carbons (Fsp3) is 0.533. The van der Waals surface area contributed by atoms with Crippen molar-refractivity contribution >= 4 is 17.4 Å². The van der Waals surface area contributed by atoms with Crippen molar-refractivity contribution in [2.75, 3.05) is 17.7 Å². The third-order valence-corrected chi connectivity index (χ3v) is 4.68. The number of benzene rings is 1. The molecule has 2 atom stereocenters. The van der Waals surface area contributed by atoms with Gasteiger partial charge in [-0.15, -0.1) is 11.8 Å². The van der Waals surface area contributed by atoms with Crippen molar-refractivity contribution in [3.8, 4) is 6.07 Å². The number of nitrogens with one attached hydrogen (secondary N) is 1. The summed E-state index contributed by atoms with van der Waals surface area (Å²) in [5, 5.41) is 12.9. The molecule has 1 N–H and O–H groups in total. The molecule has 4 heteroatoms. The highest BCUT2D eigenvalue weighted by Gasteiger charge is 2.37. The SMILES string of the molecule is CCSc1cccc(NC2(C)CCOC2C)c1C#N. The maximum absolute atomic E-state index is 9.42. The van der Waals surface area contributed by atoms with Crippen molar-refractivity contribution in [1.82, 2.24) is 0 Å². The van der Waals surface area contributed by atoms with Crippen molar-refractivity contribution in [2.24, 2.45) is 0 Å². The molecule has 1 saturated heterocycles. The monoisotopic (exact) mass is 276 g/mol. The molecule has 2 unspecified atom stereocenters. The van der Waals surface area contributed by atoms with E-state index in [1.165, 1.54) is 0 Å². The lowest BCUT2D eigenvalue weighted by Gasteiger charge is -2.30. The summed E-state index contributed by atoms with van der Waals surface area (Å²) in [6.07, 6.45) is 1.12. The zero-order chi connectivity index (χ0) is 13.9. The fourth-order valence-corrected chi connectivity index (χ4v) is 3.12. The summed E-state index contributed by atoms with van der Waals surface area (Å²) < 4.78 is 5.64. The number of nitrogens with zero attached hydrogens (tertiary/aromatic N) is 1. The molecule has 0 aliphatic carbocycles. The highest BCUT2D eigenvalue weighted by molar-refractivity contribution is 7.99. The van der Waals surface area contributed by atoms with E-state index in [2.05, 4.69) is 32.2 Å². The first-order chi connectivity index (χ1) is 9.10. The normalized spacial score (nSPS) is 26.1. The molecule has 1 aromatic carbocycles. The van der Waals surface area contributed by atoms with E-state index >= 15 is 0 Å². The predicted molar refractivity (Wildman–Crippen MR) is 79.6 cm³/mol. The Kier molecular flexibility index (Phi) is 4.38. The van der Waals surface area contributed by atoms with E-state index in [0.29, 0.717) is 0 Å². The van der Waals surface area contributed by atoms with Gasteiger partial charge in [-0.2, -0.15) is 5.26 Å². The molecule has 1 heterocycles. The Morgan fingerprint density at radius 1 is 1.58 bits per heavy atom. The Balaban J connectivity index is 2.30. The molecule has 1 aromatic rings. The molecule has 3 nitrogen and oxygen atoms in total. The number of thioether (sulfide) groups is 1. The summed E-state index contributed by atoms with van der Waals surface area (Å²) in [5.74, 6) is 0.967. The molecule has 2 rings (SSSR count). The summed E-state index contributed by atoms with van der Waals surface area (Å²) in [4.78, 5) is 1.05. The number of ether oxygens (including phenoxy) is 1. The van der Waals surface area contributed by atoms with Crippen LogP contribution in [-0.4, -0.2) is 24.0 Å². The summed E-state index contributed by atoms with van der Waals surface area (Å²) in [7, 11) is 0. The quantitative estimate of drug-likeness (QED) is 0.853. The van der Waals surface area contributed by atoms with Gasteiger partial charge in [-0.3, -0.25) is 0 Å². The van der Waals surface area contributed by atoms with Gasteiger partial charge in [-0.1, -0.05) is 13.0 Å². The zero-order valence-corrected chi connectivity index (χ0v) is 12.5. The molecule has 0 amide bonds. The van der Waals surface area contributed by atoms with Crippen molar-refractivity contribution in [1.29, 1.82) is 5.26 Å². The van der Waals surface area contributed by atoms with E-state index in [1.807, 2.05) is 18.2 Å². The lowest BCUT2D eigenvalue weighted by atomic mass is 9.94. The Morgan fingerprint density at radius 3 is 2.95 bits per heavy atom. The second kappa shape index (κ2) is 5.85. The van der Waals surface area contributed by atoms with Crippen LogP contribution in [0.4, 0.5) is 5.69 Å². The number of anilines is 1. The highest BCUT2D eigenvalue weighted by atomic mass is 32.2. The largest absolute Gasteiger partial charge is 0.376 e. The van der Waals surface area contributed by atoms with E-state index in [1.54, 1.807) is 11.8 Å². The van der Waals surface area contributed by atoms with Crippen LogP contribution in [0.2, 0.25) is 0 Å². The maximum Gasteiger partial charge on any atom is 0.102 e. The van der Waals surface area contributed by atoms with Gasteiger partial charge < -0.3 is 10.1 Å². The van der Waals surface area contributed by atoms with Gasteiger partial charge in [0.2, 0.25) is 0 Å². The van der Waals surface area contributed by atoms with Crippen molar-refractivity contribution in [3.05, 3.63) is 23.8 Å². The third-order valence-electron chi connectivity index (χ3n) is 3.74. The van der Waals surface area contributed by atoms with E-state index in [4.69, 9.17) is 4.74 Å². The Bertz CT molecular complexity index is 497. The van der Waals surface area contributed by atoms with Crippen LogP contribution in [0, 0.1) is 11.3 Å². The average molecular weight is 276 g/mol. The van der Waals surface area contributed by atoms with E-state index in [0.717, 1.165) is 34.9 Å². The van der Waals surface area contributed by atoms with E-state index in [9.17, 15) is 5.26 Å². The number of hydrogen-bond acceptors (Lipinski definition) is 4. The molecule has 102 valence electrons. The molecule has 1 aliphatic heterocycles. The second-order valence-electron chi connectivity index (χ2n) is 5.03. The first kappa shape index (κ1) is 14.2. The number of rotatable bonds is 4. The topological polar surface area (TPSA) is 45.0 Å². The van der Waals surface area contributed by atoms with Gasteiger partial charge >= 0.3 is 0 Å². The number of hydrogen-bond donors (Lipinski definition) is 1. The highest BCUT2D eigenvalue weighted by Crippen LogP contribution is 2.34. The van der Waals surface area contributed by atoms with Gasteiger partial charge in [0.25, 0.3) is 0 Å². The molecule has 0 aromatic heterocycles. The lowest BCUT2D eigenvalue weighted by molar-refractivity contribution is 0.105. The molecule has 1 fully saturated rings. The minimum Gasteiger partial charge on any atom is -0.376 e. The van der Waals surface area contributed by atoms with Crippen LogP contribution in [0.3, 0.4) is 0 Å². The van der Waals surface area contributed by atoms with Crippen LogP contribution < -0.4 is 5.32 Å². The van der Waals surface area contributed by atoms with Crippen LogP contribution >= 0.6 is 11.8 Å². The average Bonchev–Trinajstić information content (AvgIpc) is 2.70. The van der Waals surface area contributed by atoms with E-state index in [-0.39, 0.29) is 11.6 Å². The maximum atomic E-state index is 9.42. The van der Waals surface area contributed by atoms with Gasteiger partial charge in [-0.25, -0.2) is 0 Å². The van der Waals surface area contributed by atoms with Gasteiger partial charge in [0.05, 0.1) is 22.9 Å². The summed E-state index contributed by atoms with van der Waals surface area (Å²) in [6, 6.07) is 8.33. The van der Waals surface area contributed by atoms with Gasteiger partial charge in [0, 0.05) is 11.5 Å². The fourth-order valence-electron chi connectivity index (χ4n) is 2.33. The van der Waals surface area contributed by atoms with E-state index < -0.39 is 0 Å². The first-order valence-electron chi connectivity index (χ1n) is 6.66. The van der Waals surface area contributed by atoms with Crippen molar-refractivity contribution in [2.45, 2.75) is 43.7 Å². The van der Waals surface area contributed by atoms with Crippen LogP contribution in [0.1, 0.15) is 32.8 Å². The zero-order valence-electron chi connectivity index (χ0n) is 11.7. The third kappa shape index (κ3) is 2.88. The number of nitriles is 1. The Hall–Kier alpha value is -1.18. The molecule has 1 aliphatic rings. The van der Waals surface area contributed by atoms with Crippen molar-refractivity contribution < 1.29 is 4.74 Å². The van der Waals surface area contributed by atoms with Crippen LogP contribution in [0.15, 0.2) is 23.1 Å². The van der Waals surface area contributed by atoms with Crippen LogP contribution in [-0.2, 0) is 4.74 Å². The summed E-state index contributed by atoms with van der Waals surface area (Å²) in [6.45, 7) is 7.11. The molecule has 0 saturated carbocycles. The second-order valence-corrected chi connectivity index (χ2v) is 6.33. The molecular formula is C15H20N2OS. The minimum absolute atomic E-state index is 0.0961. The Labute approximate surface area is 119 Å². The first-order valence-corrected chi connectivity index (χ1v) is 7.65. The Morgan fingerprint density at radius 2 is 2.37 bits per heavy atom. The molecule has 19 heavy (non-hydrogen) atoms. The predicted octanol–water partition coefficient (Wildman–Crippen LogP) is 3.65. The van der Waals surface area contributed by atoms with Crippen molar-refractivity contribution in [3.63, 3.8) is 0 Å². The van der Waals surface area contributed by atoms with Crippen LogP contribution in [0.25, 0.3) is 0 Å². The molecule has 0 radical (unpaired) electrons. The lowest BCUT2D eigenvalue weighted by Crippen LogP contribution is -2.41. The summed E-state index contributed by atoms with van der Waals surface area (Å²) >= 11 is 1.70. The van der Waals surface area contributed by atoms with Gasteiger partial charge in [0.1, 0.15) is 6.07 Å². The van der Waals surface area contributed by atoms with Gasteiger partial charge in [0.15, 0.2) is 0 Å². The standard InChI is InChI=1S/C15H20N2OS/c1-4-19-14-7-5-6-13(12(14)10-16)17-15(3)8-9-18-11(15)2/h5-7,11,17H,4,8-9H2,1-3H3. The molecule has 0 spiro atoms. The molecule has 0 bridgehead atoms.